The maximum atomic E-state index is 11.9. The zero-order chi connectivity index (χ0) is 9.54. The SMILES string of the molecule is O=c1c2cn[nH]c2cnn1C1CCC1. The summed E-state index contributed by atoms with van der Waals surface area (Å²) >= 11 is 0. The predicted octanol–water partition coefficient (Wildman–Crippen LogP) is 0.845. The molecule has 1 aliphatic rings. The molecule has 1 aliphatic carbocycles. The highest BCUT2D eigenvalue weighted by molar-refractivity contribution is 5.75. The fourth-order valence-corrected chi connectivity index (χ4v) is 1.75. The molecule has 0 radical (unpaired) electrons. The molecule has 2 heterocycles. The van der Waals surface area contributed by atoms with Gasteiger partial charge in [-0.2, -0.15) is 10.2 Å². The average Bonchev–Trinajstić information content (AvgIpc) is 2.55. The normalized spacial score (nSPS) is 17.1. The molecule has 2 aromatic rings. The minimum atomic E-state index is -0.0269. The van der Waals surface area contributed by atoms with E-state index in [0.29, 0.717) is 16.9 Å². The zero-order valence-electron chi connectivity index (χ0n) is 7.60. The van der Waals surface area contributed by atoms with Gasteiger partial charge < -0.3 is 0 Å². The van der Waals surface area contributed by atoms with Crippen LogP contribution in [0.15, 0.2) is 17.2 Å². The second-order valence-electron chi connectivity index (χ2n) is 3.68. The van der Waals surface area contributed by atoms with Gasteiger partial charge in [0.05, 0.1) is 29.3 Å². The molecule has 0 atom stereocenters. The summed E-state index contributed by atoms with van der Waals surface area (Å²) in [5, 5.41) is 11.3. The summed E-state index contributed by atoms with van der Waals surface area (Å²) in [5.74, 6) is 0. The van der Waals surface area contributed by atoms with Crippen molar-refractivity contribution in [2.45, 2.75) is 25.3 Å². The van der Waals surface area contributed by atoms with E-state index in [1.165, 1.54) is 6.42 Å². The van der Waals surface area contributed by atoms with Crippen molar-refractivity contribution < 1.29 is 0 Å². The molecule has 14 heavy (non-hydrogen) atoms. The highest BCUT2D eigenvalue weighted by Gasteiger charge is 2.22. The van der Waals surface area contributed by atoms with Gasteiger partial charge >= 0.3 is 0 Å². The molecule has 3 rings (SSSR count). The second kappa shape index (κ2) is 2.67. The van der Waals surface area contributed by atoms with Crippen LogP contribution in [0.5, 0.6) is 0 Å². The summed E-state index contributed by atoms with van der Waals surface area (Å²) in [6.07, 6.45) is 6.56. The van der Waals surface area contributed by atoms with Crippen molar-refractivity contribution in [3.63, 3.8) is 0 Å². The minimum absolute atomic E-state index is 0.0269. The van der Waals surface area contributed by atoms with E-state index in [0.717, 1.165) is 12.8 Å². The number of hydrogen-bond acceptors (Lipinski definition) is 3. The summed E-state index contributed by atoms with van der Waals surface area (Å²) in [5.41, 5.74) is 0.687. The number of nitrogens with one attached hydrogen (secondary N) is 1. The summed E-state index contributed by atoms with van der Waals surface area (Å²) in [7, 11) is 0. The average molecular weight is 190 g/mol. The molecule has 72 valence electrons. The van der Waals surface area contributed by atoms with E-state index >= 15 is 0 Å². The first-order chi connectivity index (χ1) is 6.86. The van der Waals surface area contributed by atoms with Gasteiger partial charge in [0.15, 0.2) is 0 Å². The molecule has 0 saturated heterocycles. The van der Waals surface area contributed by atoms with E-state index < -0.39 is 0 Å². The van der Waals surface area contributed by atoms with Gasteiger partial charge in [-0.1, -0.05) is 0 Å². The molecule has 0 bridgehead atoms. The standard InChI is InChI=1S/C9H10N4O/c14-9-7-4-10-12-8(7)5-11-13(9)6-2-1-3-6/h4-6H,1-3H2,(H,10,12). The lowest BCUT2D eigenvalue weighted by atomic mass is 9.93. The molecule has 1 saturated carbocycles. The Balaban J connectivity index is 2.24. The first-order valence-electron chi connectivity index (χ1n) is 4.77. The van der Waals surface area contributed by atoms with E-state index in [1.807, 2.05) is 0 Å². The van der Waals surface area contributed by atoms with Crippen molar-refractivity contribution >= 4 is 10.9 Å². The van der Waals surface area contributed by atoms with Crippen molar-refractivity contribution in [2.75, 3.05) is 0 Å². The van der Waals surface area contributed by atoms with Crippen LogP contribution in [-0.2, 0) is 0 Å². The number of H-pyrrole nitrogens is 1. The van der Waals surface area contributed by atoms with Gasteiger partial charge in [-0.3, -0.25) is 9.89 Å². The molecule has 0 aliphatic heterocycles. The number of aromatic nitrogens is 4. The third-order valence-electron chi connectivity index (χ3n) is 2.84. The Bertz CT molecular complexity index is 523. The Labute approximate surface area is 79.7 Å². The lowest BCUT2D eigenvalue weighted by Crippen LogP contribution is -2.30. The van der Waals surface area contributed by atoms with Crippen LogP contribution in [0.25, 0.3) is 10.9 Å². The number of nitrogens with zero attached hydrogens (tertiary/aromatic N) is 3. The van der Waals surface area contributed by atoms with Crippen LogP contribution in [-0.4, -0.2) is 20.0 Å². The van der Waals surface area contributed by atoms with Gasteiger partial charge in [0, 0.05) is 0 Å². The lowest BCUT2D eigenvalue weighted by molar-refractivity contribution is 0.280. The van der Waals surface area contributed by atoms with Gasteiger partial charge in [-0.25, -0.2) is 4.68 Å². The molecule has 0 aromatic carbocycles. The van der Waals surface area contributed by atoms with Crippen LogP contribution in [0, 0.1) is 0 Å². The van der Waals surface area contributed by atoms with E-state index in [2.05, 4.69) is 15.3 Å². The summed E-state index contributed by atoms with van der Waals surface area (Å²) in [4.78, 5) is 11.9. The molecule has 0 amide bonds. The van der Waals surface area contributed by atoms with Crippen molar-refractivity contribution in [3.8, 4) is 0 Å². The fraction of sp³-hybridized carbons (Fsp3) is 0.444. The Hall–Kier alpha value is -1.65. The van der Waals surface area contributed by atoms with Crippen molar-refractivity contribution in [2.24, 2.45) is 0 Å². The largest absolute Gasteiger partial charge is 0.278 e. The molecule has 5 nitrogen and oxygen atoms in total. The number of rotatable bonds is 1. The molecule has 1 N–H and O–H groups in total. The van der Waals surface area contributed by atoms with Crippen molar-refractivity contribution in [1.82, 2.24) is 20.0 Å². The monoisotopic (exact) mass is 190 g/mol. The summed E-state index contributed by atoms with van der Waals surface area (Å²) in [6, 6.07) is 0.307. The molecule has 2 aromatic heterocycles. The number of fused-ring (bicyclic) bond motifs is 1. The maximum Gasteiger partial charge on any atom is 0.278 e. The third-order valence-corrected chi connectivity index (χ3v) is 2.84. The fourth-order valence-electron chi connectivity index (χ4n) is 1.75. The first-order valence-corrected chi connectivity index (χ1v) is 4.77. The molecule has 0 spiro atoms. The van der Waals surface area contributed by atoms with Gasteiger partial charge in [0.1, 0.15) is 0 Å². The molecule has 1 fully saturated rings. The Morgan fingerprint density at radius 1 is 1.43 bits per heavy atom. The van der Waals surface area contributed by atoms with Crippen LogP contribution >= 0.6 is 0 Å². The molecular weight excluding hydrogens is 180 g/mol. The van der Waals surface area contributed by atoms with Gasteiger partial charge in [0.25, 0.3) is 5.56 Å². The van der Waals surface area contributed by atoms with Crippen LogP contribution in [0.3, 0.4) is 0 Å². The topological polar surface area (TPSA) is 63.6 Å². The smallest absolute Gasteiger partial charge is 0.276 e. The van der Waals surface area contributed by atoms with Crippen LogP contribution in [0.4, 0.5) is 0 Å². The second-order valence-corrected chi connectivity index (χ2v) is 3.68. The predicted molar refractivity (Wildman–Crippen MR) is 51.0 cm³/mol. The van der Waals surface area contributed by atoms with Gasteiger partial charge in [0.2, 0.25) is 0 Å². The lowest BCUT2D eigenvalue weighted by Gasteiger charge is -2.25. The van der Waals surface area contributed by atoms with Crippen molar-refractivity contribution in [1.29, 1.82) is 0 Å². The Morgan fingerprint density at radius 3 is 3.00 bits per heavy atom. The number of hydrogen-bond donors (Lipinski definition) is 1. The maximum absolute atomic E-state index is 11.9. The van der Waals surface area contributed by atoms with Crippen molar-refractivity contribution in [3.05, 3.63) is 22.7 Å². The Kier molecular flexibility index (Phi) is 1.47. The van der Waals surface area contributed by atoms with E-state index in [-0.39, 0.29) is 5.56 Å². The quantitative estimate of drug-likeness (QED) is 0.724. The van der Waals surface area contributed by atoms with Crippen LogP contribution < -0.4 is 5.56 Å². The highest BCUT2D eigenvalue weighted by Crippen LogP contribution is 2.29. The molecular formula is C9H10N4O. The highest BCUT2D eigenvalue weighted by atomic mass is 16.1. The number of aromatic amines is 1. The first kappa shape index (κ1) is 7.73. The van der Waals surface area contributed by atoms with Gasteiger partial charge in [-0.05, 0) is 19.3 Å². The minimum Gasteiger partial charge on any atom is -0.276 e. The third kappa shape index (κ3) is 0.921. The van der Waals surface area contributed by atoms with E-state index in [1.54, 1.807) is 17.1 Å². The zero-order valence-corrected chi connectivity index (χ0v) is 7.60. The van der Waals surface area contributed by atoms with Crippen LogP contribution in [0.2, 0.25) is 0 Å². The summed E-state index contributed by atoms with van der Waals surface area (Å²) in [6.45, 7) is 0. The molecule has 0 unspecified atom stereocenters. The Morgan fingerprint density at radius 2 is 2.29 bits per heavy atom. The van der Waals surface area contributed by atoms with E-state index in [9.17, 15) is 4.79 Å². The van der Waals surface area contributed by atoms with Gasteiger partial charge in [-0.15, -0.1) is 0 Å². The van der Waals surface area contributed by atoms with Crippen LogP contribution in [0.1, 0.15) is 25.3 Å². The summed E-state index contributed by atoms with van der Waals surface area (Å²) < 4.78 is 1.58. The van der Waals surface area contributed by atoms with E-state index in [4.69, 9.17) is 0 Å². The molecule has 5 heteroatoms.